The molecule has 0 bridgehead atoms. The Hall–Kier alpha value is -0.810. The van der Waals surface area contributed by atoms with E-state index in [-0.39, 0.29) is 6.09 Å². The van der Waals surface area contributed by atoms with Gasteiger partial charge in [-0.05, 0) is 46.5 Å². The molecule has 0 aromatic rings. The third-order valence-electron chi connectivity index (χ3n) is 3.98. The van der Waals surface area contributed by atoms with Gasteiger partial charge in [0.05, 0.1) is 6.10 Å². The Labute approximate surface area is 122 Å². The molecular formula is C15H28N2O3. The zero-order chi connectivity index (χ0) is 14.8. The molecule has 2 saturated heterocycles. The molecule has 2 rings (SSSR count). The molecule has 0 aromatic carbocycles. The van der Waals surface area contributed by atoms with Crippen LogP contribution in [-0.2, 0) is 9.47 Å². The molecular weight excluding hydrogens is 256 g/mol. The van der Waals surface area contributed by atoms with E-state index in [1.165, 1.54) is 0 Å². The molecule has 5 nitrogen and oxygen atoms in total. The first-order chi connectivity index (χ1) is 9.35. The van der Waals surface area contributed by atoms with Crippen molar-refractivity contribution in [3.05, 3.63) is 0 Å². The van der Waals surface area contributed by atoms with E-state index in [0.29, 0.717) is 18.1 Å². The summed E-state index contributed by atoms with van der Waals surface area (Å²) in [6.45, 7) is 11.2. The van der Waals surface area contributed by atoms with Gasteiger partial charge in [-0.1, -0.05) is 0 Å². The van der Waals surface area contributed by atoms with Crippen molar-refractivity contribution in [1.82, 2.24) is 10.2 Å². The zero-order valence-corrected chi connectivity index (χ0v) is 13.1. The average Bonchev–Trinajstić information content (AvgIpc) is 2.93. The Morgan fingerprint density at radius 3 is 2.75 bits per heavy atom. The first-order valence-corrected chi connectivity index (χ1v) is 7.68. The topological polar surface area (TPSA) is 50.8 Å². The van der Waals surface area contributed by atoms with Gasteiger partial charge >= 0.3 is 6.09 Å². The number of rotatable bonds is 3. The van der Waals surface area contributed by atoms with Gasteiger partial charge in [-0.3, -0.25) is 0 Å². The minimum Gasteiger partial charge on any atom is -0.444 e. The van der Waals surface area contributed by atoms with E-state index in [1.807, 2.05) is 25.7 Å². The maximum Gasteiger partial charge on any atom is 0.410 e. The van der Waals surface area contributed by atoms with Crippen molar-refractivity contribution >= 4 is 6.09 Å². The maximum absolute atomic E-state index is 12.0. The van der Waals surface area contributed by atoms with Gasteiger partial charge in [0.25, 0.3) is 0 Å². The van der Waals surface area contributed by atoms with E-state index in [2.05, 4.69) is 12.2 Å². The molecule has 116 valence electrons. The fourth-order valence-electron chi connectivity index (χ4n) is 2.81. The van der Waals surface area contributed by atoms with E-state index >= 15 is 0 Å². The van der Waals surface area contributed by atoms with Gasteiger partial charge in [0.2, 0.25) is 0 Å². The molecule has 2 aliphatic heterocycles. The van der Waals surface area contributed by atoms with E-state index < -0.39 is 5.60 Å². The highest BCUT2D eigenvalue weighted by atomic mass is 16.6. The summed E-state index contributed by atoms with van der Waals surface area (Å²) >= 11 is 0. The molecule has 3 unspecified atom stereocenters. The fraction of sp³-hybridized carbons (Fsp3) is 0.933. The van der Waals surface area contributed by atoms with Crippen LogP contribution in [0.1, 0.15) is 40.5 Å². The van der Waals surface area contributed by atoms with Gasteiger partial charge in [-0.15, -0.1) is 0 Å². The second kappa shape index (κ2) is 6.31. The van der Waals surface area contributed by atoms with Gasteiger partial charge in [0, 0.05) is 32.3 Å². The SMILES string of the molecule is CC1OCCC1NCC1CCN(C(=O)OC(C)(C)C)C1. The van der Waals surface area contributed by atoms with E-state index in [4.69, 9.17) is 9.47 Å². The lowest BCUT2D eigenvalue weighted by molar-refractivity contribution is 0.0287. The Balaban J connectivity index is 1.71. The molecule has 1 N–H and O–H groups in total. The van der Waals surface area contributed by atoms with Crippen molar-refractivity contribution in [2.24, 2.45) is 5.92 Å². The summed E-state index contributed by atoms with van der Waals surface area (Å²) in [5, 5.41) is 3.58. The minimum atomic E-state index is -0.413. The minimum absolute atomic E-state index is 0.183. The normalized spacial score (nSPS) is 30.8. The number of hydrogen-bond donors (Lipinski definition) is 1. The van der Waals surface area contributed by atoms with Crippen LogP contribution in [0.3, 0.4) is 0 Å². The first kappa shape index (κ1) is 15.6. The van der Waals surface area contributed by atoms with Gasteiger partial charge in [0.15, 0.2) is 0 Å². The molecule has 2 aliphatic rings. The van der Waals surface area contributed by atoms with Crippen LogP contribution in [0.25, 0.3) is 0 Å². The number of likely N-dealkylation sites (tertiary alicyclic amines) is 1. The van der Waals surface area contributed by atoms with Crippen molar-refractivity contribution in [2.45, 2.75) is 58.3 Å². The van der Waals surface area contributed by atoms with Crippen LogP contribution >= 0.6 is 0 Å². The molecule has 2 fully saturated rings. The molecule has 3 atom stereocenters. The number of amides is 1. The highest BCUT2D eigenvalue weighted by Crippen LogP contribution is 2.20. The second-order valence-electron chi connectivity index (χ2n) is 6.96. The van der Waals surface area contributed by atoms with Crippen molar-refractivity contribution in [3.8, 4) is 0 Å². The lowest BCUT2D eigenvalue weighted by Crippen LogP contribution is -2.39. The number of carbonyl (C=O) groups excluding carboxylic acids is 1. The molecule has 0 aromatic heterocycles. The molecule has 0 radical (unpaired) electrons. The van der Waals surface area contributed by atoms with Crippen molar-refractivity contribution in [1.29, 1.82) is 0 Å². The van der Waals surface area contributed by atoms with E-state index in [1.54, 1.807) is 0 Å². The van der Waals surface area contributed by atoms with Crippen LogP contribution in [0.15, 0.2) is 0 Å². The fourth-order valence-corrected chi connectivity index (χ4v) is 2.81. The highest BCUT2D eigenvalue weighted by Gasteiger charge is 2.31. The second-order valence-corrected chi connectivity index (χ2v) is 6.96. The smallest absolute Gasteiger partial charge is 0.410 e. The van der Waals surface area contributed by atoms with Gasteiger partial charge in [-0.2, -0.15) is 0 Å². The maximum atomic E-state index is 12.0. The van der Waals surface area contributed by atoms with Crippen LogP contribution in [-0.4, -0.2) is 55.0 Å². The predicted octanol–water partition coefficient (Wildman–Crippen LogP) is 2.01. The first-order valence-electron chi connectivity index (χ1n) is 7.68. The number of nitrogens with one attached hydrogen (secondary N) is 1. The summed E-state index contributed by atoms with van der Waals surface area (Å²) in [7, 11) is 0. The summed E-state index contributed by atoms with van der Waals surface area (Å²) in [5.74, 6) is 0.523. The predicted molar refractivity (Wildman–Crippen MR) is 77.7 cm³/mol. The van der Waals surface area contributed by atoms with E-state index in [0.717, 1.165) is 39.1 Å². The monoisotopic (exact) mass is 284 g/mol. The number of ether oxygens (including phenoxy) is 2. The summed E-state index contributed by atoms with van der Waals surface area (Å²) in [6, 6.07) is 0.463. The third-order valence-corrected chi connectivity index (χ3v) is 3.98. The molecule has 0 saturated carbocycles. The van der Waals surface area contributed by atoms with Crippen molar-refractivity contribution in [3.63, 3.8) is 0 Å². The lowest BCUT2D eigenvalue weighted by atomic mass is 10.1. The quantitative estimate of drug-likeness (QED) is 0.861. The molecule has 5 heteroatoms. The molecule has 20 heavy (non-hydrogen) atoms. The summed E-state index contributed by atoms with van der Waals surface area (Å²) < 4.78 is 11.0. The van der Waals surface area contributed by atoms with Gasteiger partial charge in [0.1, 0.15) is 5.60 Å². The van der Waals surface area contributed by atoms with Gasteiger partial charge < -0.3 is 19.7 Å². The Kier molecular flexibility index (Phi) is 4.91. The van der Waals surface area contributed by atoms with Crippen LogP contribution in [0, 0.1) is 5.92 Å². The zero-order valence-electron chi connectivity index (χ0n) is 13.1. The number of carbonyl (C=O) groups is 1. The molecule has 0 spiro atoms. The third kappa shape index (κ3) is 4.35. The lowest BCUT2D eigenvalue weighted by Gasteiger charge is -2.24. The van der Waals surface area contributed by atoms with Crippen molar-refractivity contribution in [2.75, 3.05) is 26.2 Å². The van der Waals surface area contributed by atoms with E-state index in [9.17, 15) is 4.79 Å². The molecule has 1 amide bonds. The summed E-state index contributed by atoms with van der Waals surface area (Å²) in [6.07, 6.45) is 2.26. The van der Waals surface area contributed by atoms with Crippen molar-refractivity contribution < 1.29 is 14.3 Å². The molecule has 0 aliphatic carbocycles. The average molecular weight is 284 g/mol. The van der Waals surface area contributed by atoms with Crippen LogP contribution in [0.5, 0.6) is 0 Å². The largest absolute Gasteiger partial charge is 0.444 e. The summed E-state index contributed by atoms with van der Waals surface area (Å²) in [5.41, 5.74) is -0.413. The summed E-state index contributed by atoms with van der Waals surface area (Å²) in [4.78, 5) is 13.8. The Morgan fingerprint density at radius 1 is 1.40 bits per heavy atom. The standard InChI is InChI=1S/C15H28N2O3/c1-11-13(6-8-19-11)16-9-12-5-7-17(10-12)14(18)20-15(2,3)4/h11-13,16H,5-10H2,1-4H3. The Bertz CT molecular complexity index is 341. The van der Waals surface area contributed by atoms with Gasteiger partial charge in [-0.25, -0.2) is 4.79 Å². The highest BCUT2D eigenvalue weighted by molar-refractivity contribution is 5.68. The van der Waals surface area contributed by atoms with Crippen LogP contribution < -0.4 is 5.32 Å². The number of nitrogens with zero attached hydrogens (tertiary/aromatic N) is 1. The molecule has 2 heterocycles. The number of hydrogen-bond acceptors (Lipinski definition) is 4. The van der Waals surface area contributed by atoms with Crippen LogP contribution in [0.4, 0.5) is 4.79 Å². The Morgan fingerprint density at radius 2 is 2.15 bits per heavy atom. The van der Waals surface area contributed by atoms with Crippen LogP contribution in [0.2, 0.25) is 0 Å².